The van der Waals surface area contributed by atoms with Crippen molar-refractivity contribution in [2.75, 3.05) is 7.05 Å². The average molecular weight is 251 g/mol. The minimum Gasteiger partial charge on any atom is -0.316 e. The molecule has 1 aromatic rings. The molecule has 0 aromatic carbocycles. The molecule has 0 saturated heterocycles. The van der Waals surface area contributed by atoms with Gasteiger partial charge in [-0.1, -0.05) is 27.7 Å². The van der Waals surface area contributed by atoms with Crippen LogP contribution in [0, 0.1) is 5.41 Å². The third kappa shape index (κ3) is 4.13. The summed E-state index contributed by atoms with van der Waals surface area (Å²) in [6, 6.07) is 2.82. The molecular weight excluding hydrogens is 222 g/mol. The number of nitrogens with one attached hydrogen (secondary N) is 1. The fourth-order valence-electron chi connectivity index (χ4n) is 2.48. The molecule has 104 valence electrons. The van der Waals surface area contributed by atoms with Gasteiger partial charge < -0.3 is 5.32 Å². The zero-order valence-corrected chi connectivity index (χ0v) is 12.9. The average Bonchev–Trinajstić information content (AvgIpc) is 2.64. The van der Waals surface area contributed by atoms with Crippen LogP contribution in [-0.2, 0) is 19.9 Å². The molecule has 1 aromatic heterocycles. The number of rotatable bonds is 6. The Hall–Kier alpha value is -0.830. The van der Waals surface area contributed by atoms with Crippen LogP contribution in [0.2, 0.25) is 0 Å². The second-order valence-corrected chi connectivity index (χ2v) is 6.20. The van der Waals surface area contributed by atoms with Gasteiger partial charge in [-0.25, -0.2) is 0 Å². The lowest BCUT2D eigenvalue weighted by molar-refractivity contribution is 0.263. The molecule has 1 rings (SSSR count). The lowest BCUT2D eigenvalue weighted by atomic mass is 9.84. The Bertz CT molecular complexity index is 360. The third-order valence-corrected chi connectivity index (χ3v) is 3.71. The summed E-state index contributed by atoms with van der Waals surface area (Å²) in [5, 5.41) is 7.93. The van der Waals surface area contributed by atoms with Gasteiger partial charge in [-0.3, -0.25) is 4.68 Å². The molecule has 3 heteroatoms. The topological polar surface area (TPSA) is 29.9 Å². The SMILES string of the molecule is CCc1cc(CCCC(NC)C(C)(C)C)n(C)n1. The van der Waals surface area contributed by atoms with Crippen molar-refractivity contribution in [2.24, 2.45) is 12.5 Å². The molecule has 1 heterocycles. The van der Waals surface area contributed by atoms with Gasteiger partial charge in [0.2, 0.25) is 0 Å². The van der Waals surface area contributed by atoms with Crippen molar-refractivity contribution in [3.8, 4) is 0 Å². The molecule has 1 N–H and O–H groups in total. The van der Waals surface area contributed by atoms with Gasteiger partial charge in [0.15, 0.2) is 0 Å². The number of nitrogens with zero attached hydrogens (tertiary/aromatic N) is 2. The standard InChI is InChI=1S/C15H29N3/c1-7-12-11-13(18(6)17-12)9-8-10-14(16-5)15(2,3)4/h11,14,16H,7-10H2,1-6H3. The summed E-state index contributed by atoms with van der Waals surface area (Å²) in [6.45, 7) is 9.05. The van der Waals surface area contributed by atoms with E-state index in [2.05, 4.69) is 51.2 Å². The second kappa shape index (κ2) is 6.37. The van der Waals surface area contributed by atoms with E-state index in [-0.39, 0.29) is 0 Å². The van der Waals surface area contributed by atoms with Gasteiger partial charge >= 0.3 is 0 Å². The van der Waals surface area contributed by atoms with Crippen LogP contribution in [-0.4, -0.2) is 22.9 Å². The molecule has 0 aliphatic carbocycles. The van der Waals surface area contributed by atoms with E-state index in [9.17, 15) is 0 Å². The van der Waals surface area contributed by atoms with Gasteiger partial charge in [0.1, 0.15) is 0 Å². The maximum Gasteiger partial charge on any atom is 0.0624 e. The van der Waals surface area contributed by atoms with Crippen molar-refractivity contribution in [1.29, 1.82) is 0 Å². The van der Waals surface area contributed by atoms with Crippen molar-refractivity contribution >= 4 is 0 Å². The Morgan fingerprint density at radius 3 is 2.50 bits per heavy atom. The number of aromatic nitrogens is 2. The summed E-state index contributed by atoms with van der Waals surface area (Å²) in [6.07, 6.45) is 4.57. The zero-order valence-electron chi connectivity index (χ0n) is 12.9. The van der Waals surface area contributed by atoms with Crippen molar-refractivity contribution < 1.29 is 0 Å². The van der Waals surface area contributed by atoms with Crippen LogP contribution in [0.25, 0.3) is 0 Å². The quantitative estimate of drug-likeness (QED) is 0.842. The Kier molecular flexibility index (Phi) is 5.39. The predicted molar refractivity (Wildman–Crippen MR) is 77.8 cm³/mol. The first kappa shape index (κ1) is 15.2. The first-order valence-corrected chi connectivity index (χ1v) is 7.07. The second-order valence-electron chi connectivity index (χ2n) is 6.20. The van der Waals surface area contributed by atoms with Crippen LogP contribution in [0.15, 0.2) is 6.07 Å². The highest BCUT2D eigenvalue weighted by molar-refractivity contribution is 5.10. The summed E-state index contributed by atoms with van der Waals surface area (Å²) in [5.41, 5.74) is 2.89. The summed E-state index contributed by atoms with van der Waals surface area (Å²) >= 11 is 0. The molecular formula is C15H29N3. The Labute approximate surface area is 112 Å². The van der Waals surface area contributed by atoms with Crippen LogP contribution >= 0.6 is 0 Å². The predicted octanol–water partition coefficient (Wildman–Crippen LogP) is 2.94. The molecule has 0 amide bonds. The van der Waals surface area contributed by atoms with Crippen molar-refractivity contribution in [2.45, 2.75) is 59.4 Å². The van der Waals surface area contributed by atoms with Gasteiger partial charge in [-0.05, 0) is 44.2 Å². The fraction of sp³-hybridized carbons (Fsp3) is 0.800. The van der Waals surface area contributed by atoms with Gasteiger partial charge in [-0.15, -0.1) is 0 Å². The number of hydrogen-bond acceptors (Lipinski definition) is 2. The van der Waals surface area contributed by atoms with E-state index in [1.54, 1.807) is 0 Å². The maximum absolute atomic E-state index is 4.50. The summed E-state index contributed by atoms with van der Waals surface area (Å²) in [4.78, 5) is 0. The van der Waals surface area contributed by atoms with E-state index < -0.39 is 0 Å². The summed E-state index contributed by atoms with van der Waals surface area (Å²) < 4.78 is 2.03. The van der Waals surface area contributed by atoms with E-state index in [0.29, 0.717) is 11.5 Å². The van der Waals surface area contributed by atoms with E-state index in [1.807, 2.05) is 11.7 Å². The first-order chi connectivity index (χ1) is 8.38. The van der Waals surface area contributed by atoms with Crippen LogP contribution < -0.4 is 5.32 Å². The molecule has 0 radical (unpaired) electrons. The van der Waals surface area contributed by atoms with E-state index >= 15 is 0 Å². The van der Waals surface area contributed by atoms with Crippen LogP contribution in [0.4, 0.5) is 0 Å². The molecule has 18 heavy (non-hydrogen) atoms. The summed E-state index contributed by atoms with van der Waals surface area (Å²) in [5.74, 6) is 0. The molecule has 0 aliphatic heterocycles. The van der Waals surface area contributed by atoms with Crippen molar-refractivity contribution in [3.63, 3.8) is 0 Å². The van der Waals surface area contributed by atoms with Crippen molar-refractivity contribution in [3.05, 3.63) is 17.5 Å². The largest absolute Gasteiger partial charge is 0.316 e. The van der Waals surface area contributed by atoms with E-state index in [4.69, 9.17) is 0 Å². The Morgan fingerprint density at radius 1 is 1.39 bits per heavy atom. The van der Waals surface area contributed by atoms with Gasteiger partial charge in [0.05, 0.1) is 5.69 Å². The minimum absolute atomic E-state index is 0.329. The Balaban J connectivity index is 2.48. The molecule has 1 unspecified atom stereocenters. The molecule has 0 saturated carbocycles. The van der Waals surface area contributed by atoms with Crippen molar-refractivity contribution in [1.82, 2.24) is 15.1 Å². The number of hydrogen-bond donors (Lipinski definition) is 1. The lowest BCUT2D eigenvalue weighted by Crippen LogP contribution is -2.37. The molecule has 1 atom stereocenters. The van der Waals surface area contributed by atoms with Gasteiger partial charge in [0, 0.05) is 18.8 Å². The Morgan fingerprint density at radius 2 is 2.06 bits per heavy atom. The maximum atomic E-state index is 4.50. The number of aryl methyl sites for hydroxylation is 3. The minimum atomic E-state index is 0.329. The highest BCUT2D eigenvalue weighted by atomic mass is 15.3. The zero-order chi connectivity index (χ0) is 13.8. The summed E-state index contributed by atoms with van der Waals surface area (Å²) in [7, 11) is 4.11. The first-order valence-electron chi connectivity index (χ1n) is 7.07. The van der Waals surface area contributed by atoms with E-state index in [0.717, 1.165) is 12.8 Å². The smallest absolute Gasteiger partial charge is 0.0624 e. The molecule has 0 fully saturated rings. The van der Waals surface area contributed by atoms with Gasteiger partial charge in [0.25, 0.3) is 0 Å². The molecule has 0 bridgehead atoms. The monoisotopic (exact) mass is 251 g/mol. The van der Waals surface area contributed by atoms with Crippen LogP contribution in [0.3, 0.4) is 0 Å². The molecule has 0 spiro atoms. The van der Waals surface area contributed by atoms with Crippen LogP contribution in [0.5, 0.6) is 0 Å². The molecule has 0 aliphatic rings. The fourth-order valence-corrected chi connectivity index (χ4v) is 2.48. The highest BCUT2D eigenvalue weighted by Gasteiger charge is 2.22. The van der Waals surface area contributed by atoms with E-state index in [1.165, 1.54) is 24.2 Å². The normalized spacial score (nSPS) is 13.9. The highest BCUT2D eigenvalue weighted by Crippen LogP contribution is 2.23. The third-order valence-electron chi connectivity index (χ3n) is 3.71. The van der Waals surface area contributed by atoms with Gasteiger partial charge in [-0.2, -0.15) is 5.10 Å². The van der Waals surface area contributed by atoms with Crippen LogP contribution in [0.1, 0.15) is 51.9 Å². The molecule has 3 nitrogen and oxygen atoms in total. The lowest BCUT2D eigenvalue weighted by Gasteiger charge is -2.30.